The van der Waals surface area contributed by atoms with Crippen LogP contribution in [-0.2, 0) is 6.54 Å². The second-order valence-corrected chi connectivity index (χ2v) is 6.49. The summed E-state index contributed by atoms with van der Waals surface area (Å²) in [6, 6.07) is 0.678. The van der Waals surface area contributed by atoms with Crippen LogP contribution in [0.5, 0.6) is 0 Å². The van der Waals surface area contributed by atoms with Gasteiger partial charge in [-0.2, -0.15) is 0 Å². The van der Waals surface area contributed by atoms with E-state index in [0.717, 1.165) is 19.0 Å². The molecule has 4 heteroatoms. The van der Waals surface area contributed by atoms with Gasteiger partial charge in [-0.25, -0.2) is 4.98 Å². The Balaban J connectivity index is 1.68. The number of likely N-dealkylation sites (tertiary alicyclic amines) is 1. The maximum atomic E-state index is 5.78. The first-order valence-electron chi connectivity index (χ1n) is 6.64. The molecule has 17 heavy (non-hydrogen) atoms. The highest BCUT2D eigenvalue weighted by molar-refractivity contribution is 7.09. The highest BCUT2D eigenvalue weighted by Crippen LogP contribution is 2.42. The molecule has 1 aliphatic carbocycles. The van der Waals surface area contributed by atoms with Gasteiger partial charge in [0, 0.05) is 29.9 Å². The minimum atomic E-state index is 0.678. The Kier molecular flexibility index (Phi) is 3.19. The zero-order chi connectivity index (χ0) is 11.8. The van der Waals surface area contributed by atoms with Crippen LogP contribution in [0.1, 0.15) is 42.7 Å². The molecule has 1 saturated carbocycles. The van der Waals surface area contributed by atoms with E-state index in [1.165, 1.54) is 36.4 Å². The maximum Gasteiger partial charge on any atom is 0.0798 e. The van der Waals surface area contributed by atoms with Crippen LogP contribution in [0, 0.1) is 5.92 Å². The van der Waals surface area contributed by atoms with Gasteiger partial charge in [-0.1, -0.05) is 0 Å². The molecule has 1 aromatic rings. The van der Waals surface area contributed by atoms with Crippen molar-refractivity contribution in [1.29, 1.82) is 0 Å². The van der Waals surface area contributed by atoms with Gasteiger partial charge >= 0.3 is 0 Å². The topological polar surface area (TPSA) is 42.1 Å². The summed E-state index contributed by atoms with van der Waals surface area (Å²) in [7, 11) is 0. The van der Waals surface area contributed by atoms with Crippen molar-refractivity contribution in [3.05, 3.63) is 16.1 Å². The molecule has 0 radical (unpaired) electrons. The fourth-order valence-electron chi connectivity index (χ4n) is 2.88. The number of rotatable bonds is 4. The highest BCUT2D eigenvalue weighted by Gasteiger charge is 2.32. The van der Waals surface area contributed by atoms with Crippen LogP contribution in [0.4, 0.5) is 0 Å². The summed E-state index contributed by atoms with van der Waals surface area (Å²) < 4.78 is 0. The number of hydrogen-bond donors (Lipinski definition) is 1. The van der Waals surface area contributed by atoms with Crippen LogP contribution in [-0.4, -0.2) is 29.0 Å². The van der Waals surface area contributed by atoms with Crippen molar-refractivity contribution >= 4 is 11.3 Å². The molecule has 2 aliphatic rings. The molecule has 0 amide bonds. The largest absolute Gasteiger partial charge is 0.330 e. The Morgan fingerprint density at radius 1 is 1.53 bits per heavy atom. The van der Waals surface area contributed by atoms with Gasteiger partial charge in [-0.05, 0) is 38.6 Å². The van der Waals surface area contributed by atoms with E-state index in [2.05, 4.69) is 16.8 Å². The lowest BCUT2D eigenvalue weighted by Gasteiger charge is -2.20. The predicted molar refractivity (Wildman–Crippen MR) is 71.1 cm³/mol. The first-order valence-corrected chi connectivity index (χ1v) is 7.52. The van der Waals surface area contributed by atoms with Crippen molar-refractivity contribution in [2.45, 2.75) is 44.7 Å². The van der Waals surface area contributed by atoms with Gasteiger partial charge in [-0.15, -0.1) is 11.3 Å². The number of thiazole rings is 1. The van der Waals surface area contributed by atoms with Gasteiger partial charge in [0.1, 0.15) is 0 Å². The summed E-state index contributed by atoms with van der Waals surface area (Å²) in [4.78, 5) is 8.63. The minimum absolute atomic E-state index is 0.678. The molecule has 0 aromatic carbocycles. The third-order valence-electron chi connectivity index (χ3n) is 4.11. The van der Waals surface area contributed by atoms with Gasteiger partial charge in [0.05, 0.1) is 11.2 Å². The summed E-state index contributed by atoms with van der Waals surface area (Å²) in [6.45, 7) is 5.42. The monoisotopic (exact) mass is 251 g/mol. The Morgan fingerprint density at radius 3 is 3.00 bits per heavy atom. The predicted octanol–water partition coefficient (Wildman–Crippen LogP) is 2.19. The molecule has 3 nitrogen and oxygen atoms in total. The Morgan fingerprint density at radius 2 is 2.35 bits per heavy atom. The first kappa shape index (κ1) is 11.6. The molecule has 0 bridgehead atoms. The molecule has 2 heterocycles. The van der Waals surface area contributed by atoms with E-state index in [1.54, 1.807) is 0 Å². The zero-order valence-electron chi connectivity index (χ0n) is 10.4. The van der Waals surface area contributed by atoms with Gasteiger partial charge < -0.3 is 5.73 Å². The second kappa shape index (κ2) is 4.67. The van der Waals surface area contributed by atoms with Crippen LogP contribution < -0.4 is 5.73 Å². The van der Waals surface area contributed by atoms with E-state index in [0.29, 0.717) is 12.0 Å². The Hall–Kier alpha value is -0.450. The third kappa shape index (κ3) is 2.39. The van der Waals surface area contributed by atoms with E-state index in [4.69, 9.17) is 5.73 Å². The Bertz CT molecular complexity index is 386. The standard InChI is InChI=1S/C13H21N3S/c1-9-4-10(5-14)6-16(9)7-12-13(11-2-3-11)15-8-17-12/h8-11H,2-7,14H2,1H3. The molecule has 1 aromatic heterocycles. The molecule has 2 unspecified atom stereocenters. The number of hydrogen-bond acceptors (Lipinski definition) is 4. The average Bonchev–Trinajstić information content (AvgIpc) is 2.97. The fraction of sp³-hybridized carbons (Fsp3) is 0.769. The van der Waals surface area contributed by atoms with Crippen molar-refractivity contribution in [3.8, 4) is 0 Å². The first-order chi connectivity index (χ1) is 8.28. The molecule has 1 saturated heterocycles. The van der Waals surface area contributed by atoms with Gasteiger partial charge in [0.2, 0.25) is 0 Å². The van der Waals surface area contributed by atoms with Crippen molar-refractivity contribution in [2.75, 3.05) is 13.1 Å². The molecule has 2 atom stereocenters. The normalized spacial score (nSPS) is 30.0. The summed E-state index contributed by atoms with van der Waals surface area (Å²) in [5.74, 6) is 1.47. The van der Waals surface area contributed by atoms with Crippen molar-refractivity contribution in [1.82, 2.24) is 9.88 Å². The molecule has 0 spiro atoms. The van der Waals surface area contributed by atoms with Crippen LogP contribution >= 0.6 is 11.3 Å². The van der Waals surface area contributed by atoms with Crippen LogP contribution in [0.25, 0.3) is 0 Å². The molecular weight excluding hydrogens is 230 g/mol. The van der Waals surface area contributed by atoms with E-state index < -0.39 is 0 Å². The summed E-state index contributed by atoms with van der Waals surface area (Å²) in [6.07, 6.45) is 3.95. The molecule has 94 valence electrons. The lowest BCUT2D eigenvalue weighted by molar-refractivity contribution is 0.257. The third-order valence-corrected chi connectivity index (χ3v) is 4.94. The summed E-state index contributed by atoms with van der Waals surface area (Å²) in [5, 5.41) is 0. The lowest BCUT2D eigenvalue weighted by atomic mass is 10.1. The minimum Gasteiger partial charge on any atom is -0.330 e. The van der Waals surface area contributed by atoms with Crippen LogP contribution in [0.2, 0.25) is 0 Å². The molecular formula is C13H21N3S. The number of aromatic nitrogens is 1. The van der Waals surface area contributed by atoms with E-state index in [-0.39, 0.29) is 0 Å². The summed E-state index contributed by atoms with van der Waals surface area (Å²) in [5.41, 5.74) is 9.19. The highest BCUT2D eigenvalue weighted by atomic mass is 32.1. The SMILES string of the molecule is CC1CC(CN)CN1Cc1scnc1C1CC1. The van der Waals surface area contributed by atoms with Crippen molar-refractivity contribution in [3.63, 3.8) is 0 Å². The fourth-order valence-corrected chi connectivity index (χ4v) is 3.75. The zero-order valence-corrected chi connectivity index (χ0v) is 11.2. The lowest BCUT2D eigenvalue weighted by Crippen LogP contribution is -2.27. The Labute approximate surface area is 107 Å². The molecule has 2 fully saturated rings. The van der Waals surface area contributed by atoms with E-state index in [1.807, 2.05) is 16.8 Å². The maximum absolute atomic E-state index is 5.78. The van der Waals surface area contributed by atoms with Crippen LogP contribution in [0.15, 0.2) is 5.51 Å². The quantitative estimate of drug-likeness (QED) is 0.892. The van der Waals surface area contributed by atoms with E-state index >= 15 is 0 Å². The number of nitrogens with two attached hydrogens (primary N) is 1. The average molecular weight is 251 g/mol. The van der Waals surface area contributed by atoms with Gasteiger partial charge in [-0.3, -0.25) is 4.90 Å². The van der Waals surface area contributed by atoms with Gasteiger partial charge in [0.25, 0.3) is 0 Å². The summed E-state index contributed by atoms with van der Waals surface area (Å²) >= 11 is 1.83. The van der Waals surface area contributed by atoms with Crippen molar-refractivity contribution in [2.24, 2.45) is 11.7 Å². The molecule has 2 N–H and O–H groups in total. The molecule has 1 aliphatic heterocycles. The smallest absolute Gasteiger partial charge is 0.0798 e. The van der Waals surface area contributed by atoms with Crippen LogP contribution in [0.3, 0.4) is 0 Å². The van der Waals surface area contributed by atoms with E-state index in [9.17, 15) is 0 Å². The van der Waals surface area contributed by atoms with Gasteiger partial charge in [0.15, 0.2) is 0 Å². The molecule has 3 rings (SSSR count). The number of nitrogens with zero attached hydrogens (tertiary/aromatic N) is 2. The van der Waals surface area contributed by atoms with Crippen molar-refractivity contribution < 1.29 is 0 Å². The second-order valence-electron chi connectivity index (χ2n) is 5.55.